The first-order chi connectivity index (χ1) is 27.1. The molecule has 3 amide bonds. The predicted molar refractivity (Wildman–Crippen MR) is 227 cm³/mol. The minimum atomic E-state index is -1.98. The second-order valence-corrected chi connectivity index (χ2v) is 18.8. The van der Waals surface area contributed by atoms with E-state index in [9.17, 15) is 19.5 Å². The van der Waals surface area contributed by atoms with Crippen molar-refractivity contribution in [1.29, 1.82) is 0 Å². The van der Waals surface area contributed by atoms with Gasteiger partial charge in [0.25, 0.3) is 5.91 Å². The van der Waals surface area contributed by atoms with Crippen molar-refractivity contribution < 1.29 is 38.4 Å². The number of ether oxygens (including phenoxy) is 4. The van der Waals surface area contributed by atoms with E-state index in [0.717, 1.165) is 11.1 Å². The molecule has 2 aliphatic heterocycles. The maximum atomic E-state index is 14.8. The molecule has 1 fully saturated rings. The fourth-order valence-corrected chi connectivity index (χ4v) is 7.18. The maximum Gasteiger partial charge on any atom is 0.411 e. The summed E-state index contributed by atoms with van der Waals surface area (Å²) in [5, 5.41) is 11.7. The van der Waals surface area contributed by atoms with Crippen LogP contribution < -0.4 is 9.47 Å². The van der Waals surface area contributed by atoms with Gasteiger partial charge in [0, 0.05) is 25.7 Å². The summed E-state index contributed by atoms with van der Waals surface area (Å²) in [5.41, 5.74) is 2.02. The Morgan fingerprint density at radius 1 is 0.862 bits per heavy atom. The van der Waals surface area contributed by atoms with Crippen LogP contribution in [-0.2, 0) is 14.3 Å². The van der Waals surface area contributed by atoms with Crippen LogP contribution in [0.15, 0.2) is 72.3 Å². The Labute approximate surface area is 360 Å². The van der Waals surface area contributed by atoms with Crippen LogP contribution in [0.3, 0.4) is 0 Å². The fourth-order valence-electron chi connectivity index (χ4n) is 6.79. The first-order valence-corrected chi connectivity index (χ1v) is 20.5. The van der Waals surface area contributed by atoms with Crippen molar-refractivity contribution in [1.82, 2.24) is 14.7 Å². The number of aryl methyl sites for hydroxylation is 2. The normalized spacial score (nSPS) is 17.7. The van der Waals surface area contributed by atoms with Gasteiger partial charge in [-0.05, 0) is 107 Å². The largest absolute Gasteiger partial charge is 0.490 e. The van der Waals surface area contributed by atoms with Crippen LogP contribution in [0.1, 0.15) is 69.4 Å². The highest BCUT2D eigenvalue weighted by atomic mass is 35.6. The number of likely N-dealkylation sites (N-methyl/N-ethyl adjacent to an activating group) is 1. The fraction of sp³-hybridized carbons (Fsp3) is 0.465. The van der Waals surface area contributed by atoms with Crippen LogP contribution in [0.2, 0.25) is 5.02 Å². The van der Waals surface area contributed by atoms with Gasteiger partial charge in [-0.1, -0.05) is 88.9 Å². The first-order valence-electron chi connectivity index (χ1n) is 19.0. The van der Waals surface area contributed by atoms with Crippen LogP contribution in [0.25, 0.3) is 5.57 Å². The Kier molecular flexibility index (Phi) is 14.2. The number of fused-ring (bicyclic) bond motifs is 2. The number of aliphatic hydroxyl groups is 1. The molecule has 11 nitrogen and oxygen atoms in total. The van der Waals surface area contributed by atoms with E-state index >= 15 is 0 Å². The number of carbonyl (C=O) groups excluding carboxylic acids is 3. The van der Waals surface area contributed by atoms with Crippen molar-refractivity contribution in [3.8, 4) is 11.5 Å². The minimum absolute atomic E-state index is 0.0570. The van der Waals surface area contributed by atoms with Crippen molar-refractivity contribution >= 4 is 70.1 Å². The van der Waals surface area contributed by atoms with Gasteiger partial charge in [-0.2, -0.15) is 0 Å². The molecule has 314 valence electrons. The van der Waals surface area contributed by atoms with Crippen LogP contribution in [0, 0.1) is 13.8 Å². The van der Waals surface area contributed by atoms with Crippen molar-refractivity contribution in [2.24, 2.45) is 0 Å². The summed E-state index contributed by atoms with van der Waals surface area (Å²) in [6, 6.07) is 18.4. The van der Waals surface area contributed by atoms with Gasteiger partial charge in [0.2, 0.25) is 3.79 Å². The molecule has 1 N–H and O–H groups in total. The lowest BCUT2D eigenvalue weighted by Crippen LogP contribution is -2.66. The summed E-state index contributed by atoms with van der Waals surface area (Å²) in [6.45, 7) is 12.6. The van der Waals surface area contributed by atoms with E-state index in [0.29, 0.717) is 33.2 Å². The van der Waals surface area contributed by atoms with Gasteiger partial charge in [0.1, 0.15) is 30.3 Å². The lowest BCUT2D eigenvalue weighted by Gasteiger charge is -2.51. The van der Waals surface area contributed by atoms with Crippen molar-refractivity contribution in [2.75, 3.05) is 39.9 Å². The Morgan fingerprint density at radius 2 is 1.48 bits per heavy atom. The number of nitrogens with zero attached hydrogens (tertiary/aromatic N) is 3. The number of rotatable bonds is 11. The van der Waals surface area contributed by atoms with E-state index in [1.54, 1.807) is 64.2 Å². The molecule has 3 aromatic rings. The molecule has 0 aromatic heterocycles. The number of halogens is 4. The third kappa shape index (κ3) is 10.8. The van der Waals surface area contributed by atoms with Crippen LogP contribution in [0.5, 0.6) is 11.5 Å². The van der Waals surface area contributed by atoms with Gasteiger partial charge in [-0.15, -0.1) is 0 Å². The third-order valence-electron chi connectivity index (χ3n) is 10.1. The molecule has 1 saturated heterocycles. The molecule has 15 heteroatoms. The Balaban J connectivity index is 1.49. The van der Waals surface area contributed by atoms with E-state index in [4.69, 9.17) is 65.4 Å². The molecule has 3 atom stereocenters. The van der Waals surface area contributed by atoms with Crippen molar-refractivity contribution in [3.05, 3.63) is 99.6 Å². The molecule has 0 spiro atoms. The molecule has 0 aliphatic carbocycles. The summed E-state index contributed by atoms with van der Waals surface area (Å²) >= 11 is 25.0. The van der Waals surface area contributed by atoms with Gasteiger partial charge in [-0.3, -0.25) is 9.69 Å². The third-order valence-corrected chi connectivity index (χ3v) is 11.8. The average molecular weight is 880 g/mol. The summed E-state index contributed by atoms with van der Waals surface area (Å²) < 4.78 is 21.5. The van der Waals surface area contributed by atoms with E-state index < -0.39 is 51.3 Å². The standard InChI is InChI=1S/C43H51Cl4N3O8/c1-26-20-33(44)36(21-27(26)2)56-19-18-55-31-16-14-28(15-17-31)32-22-30-23-49(39(53)57-41(3,4)5)24-34(50(30)40(54)58-42(6,7)43(45,46)47)37(32)38(52)48(8)25-35(51)29-12-10-9-11-13-29/h9-17,20-21,30,34-35,51H,18-19,22-25H2,1-8H3/t30?,34?,35-/m0/s1. The summed E-state index contributed by atoms with van der Waals surface area (Å²) in [4.78, 5) is 46.9. The van der Waals surface area contributed by atoms with Crippen LogP contribution in [0.4, 0.5) is 9.59 Å². The highest BCUT2D eigenvalue weighted by Gasteiger charge is 2.52. The highest BCUT2D eigenvalue weighted by molar-refractivity contribution is 6.68. The second kappa shape index (κ2) is 18.2. The summed E-state index contributed by atoms with van der Waals surface area (Å²) in [6.07, 6.45) is -2.26. The number of benzene rings is 3. The van der Waals surface area contributed by atoms with Gasteiger partial charge < -0.3 is 33.9 Å². The number of carbonyl (C=O) groups is 3. The Morgan fingerprint density at radius 3 is 2.10 bits per heavy atom. The number of amides is 3. The molecule has 2 heterocycles. The zero-order valence-electron chi connectivity index (χ0n) is 34.0. The molecule has 2 aliphatic rings. The van der Waals surface area contributed by atoms with Crippen molar-refractivity contribution in [3.63, 3.8) is 0 Å². The van der Waals surface area contributed by atoms with Gasteiger partial charge in [0.05, 0.1) is 29.8 Å². The van der Waals surface area contributed by atoms with Gasteiger partial charge in [0.15, 0.2) is 5.60 Å². The molecule has 5 rings (SSSR count). The maximum absolute atomic E-state index is 14.8. The molecule has 3 aromatic carbocycles. The molecule has 58 heavy (non-hydrogen) atoms. The first kappa shape index (κ1) is 45.2. The Bertz CT molecular complexity index is 2000. The van der Waals surface area contributed by atoms with Crippen molar-refractivity contribution in [2.45, 2.75) is 88.1 Å². The zero-order valence-corrected chi connectivity index (χ0v) is 37.0. The summed E-state index contributed by atoms with van der Waals surface area (Å²) in [5.74, 6) is 0.692. The number of alkyl halides is 3. The van der Waals surface area contributed by atoms with Gasteiger partial charge >= 0.3 is 12.2 Å². The smallest absolute Gasteiger partial charge is 0.411 e. The molecule has 2 unspecified atom stereocenters. The molecule has 0 radical (unpaired) electrons. The predicted octanol–water partition coefficient (Wildman–Crippen LogP) is 9.34. The second-order valence-electron chi connectivity index (χ2n) is 16.1. The number of hydrogen-bond donors (Lipinski definition) is 1. The van der Waals surface area contributed by atoms with E-state index in [1.165, 1.54) is 28.5 Å². The van der Waals surface area contributed by atoms with E-state index in [1.807, 2.05) is 44.2 Å². The van der Waals surface area contributed by atoms with Gasteiger partial charge in [-0.25, -0.2) is 9.59 Å². The highest BCUT2D eigenvalue weighted by Crippen LogP contribution is 2.44. The zero-order chi connectivity index (χ0) is 42.7. The van der Waals surface area contributed by atoms with E-state index in [-0.39, 0.29) is 44.8 Å². The molecule has 2 bridgehead atoms. The van der Waals surface area contributed by atoms with E-state index in [2.05, 4.69) is 0 Å². The Hall–Kier alpha value is -3.87. The topological polar surface area (TPSA) is 118 Å². The monoisotopic (exact) mass is 877 g/mol. The summed E-state index contributed by atoms with van der Waals surface area (Å²) in [7, 11) is 1.58. The lowest BCUT2D eigenvalue weighted by molar-refractivity contribution is -0.128. The lowest BCUT2D eigenvalue weighted by atomic mass is 9.81. The minimum Gasteiger partial charge on any atom is -0.490 e. The molecular formula is C43H51Cl4N3O8. The molecule has 0 saturated carbocycles. The SMILES string of the molecule is Cc1cc(Cl)c(OCCOc2ccc(C3=C(C(=O)N(C)C[C@H](O)c4ccccc4)C4CN(C(=O)OC(C)(C)C)CC(C3)N4C(=O)OC(C)(C)C(Cl)(Cl)Cl)cc2)cc1C. The quantitative estimate of drug-likeness (QED) is 0.150. The molecular weight excluding hydrogens is 828 g/mol. The van der Waals surface area contributed by atoms with Crippen LogP contribution >= 0.6 is 46.4 Å². The number of hydrogen-bond acceptors (Lipinski definition) is 8. The average Bonchev–Trinajstić information content (AvgIpc) is 3.13. The van der Waals surface area contributed by atoms with Crippen LogP contribution in [-0.4, -0.2) is 105 Å². The number of aliphatic hydroxyl groups excluding tert-OH is 1. The number of piperazine rings is 1.